The summed E-state index contributed by atoms with van der Waals surface area (Å²) in [5, 5.41) is 18.7. The van der Waals surface area contributed by atoms with Crippen LogP contribution in [0.5, 0.6) is 11.5 Å². The van der Waals surface area contributed by atoms with Crippen molar-refractivity contribution in [1.29, 1.82) is 0 Å². The number of unbranched alkanes of at least 4 members (excludes halogenated alkanes) is 6. The molecule has 0 spiro atoms. The molecule has 0 aromatic heterocycles. The fourth-order valence-corrected chi connectivity index (χ4v) is 2.37. The first-order valence-corrected chi connectivity index (χ1v) is 8.47. The minimum absolute atomic E-state index is 0.191. The molecule has 0 aliphatic carbocycles. The van der Waals surface area contributed by atoms with Crippen LogP contribution in [-0.2, 0) is 16.0 Å². The molecule has 1 aromatic rings. The van der Waals surface area contributed by atoms with Gasteiger partial charge in [-0.1, -0.05) is 51.5 Å². The Morgan fingerprint density at radius 3 is 2.39 bits per heavy atom. The first-order valence-electron chi connectivity index (χ1n) is 8.47. The van der Waals surface area contributed by atoms with Gasteiger partial charge in [-0.3, -0.25) is 4.79 Å². The summed E-state index contributed by atoms with van der Waals surface area (Å²) >= 11 is 0. The van der Waals surface area contributed by atoms with Gasteiger partial charge in [-0.2, -0.15) is 0 Å². The Balaban J connectivity index is 2.17. The topological polar surface area (TPSA) is 92.8 Å². The van der Waals surface area contributed by atoms with Crippen molar-refractivity contribution in [3.8, 4) is 11.5 Å². The molecule has 0 radical (unpaired) electrons. The van der Waals surface area contributed by atoms with Gasteiger partial charge in [0.05, 0.1) is 6.61 Å². The third-order valence-electron chi connectivity index (χ3n) is 3.79. The van der Waals surface area contributed by atoms with Gasteiger partial charge >= 0.3 is 5.97 Å². The molecule has 0 amide bonds. The van der Waals surface area contributed by atoms with Crippen molar-refractivity contribution in [3.63, 3.8) is 0 Å². The summed E-state index contributed by atoms with van der Waals surface area (Å²) in [5.74, 6) is -0.835. The van der Waals surface area contributed by atoms with E-state index in [2.05, 4.69) is 6.92 Å². The fourth-order valence-electron chi connectivity index (χ4n) is 2.37. The molecular formula is C18H29NO4. The van der Waals surface area contributed by atoms with Gasteiger partial charge in [0.1, 0.15) is 6.04 Å². The van der Waals surface area contributed by atoms with Gasteiger partial charge in [-0.25, -0.2) is 0 Å². The van der Waals surface area contributed by atoms with Crippen LogP contribution < -0.4 is 5.73 Å². The normalized spacial score (nSPS) is 12.1. The number of rotatable bonds is 11. The molecule has 0 heterocycles. The van der Waals surface area contributed by atoms with Gasteiger partial charge in [-0.15, -0.1) is 0 Å². The summed E-state index contributed by atoms with van der Waals surface area (Å²) in [4.78, 5) is 11.8. The number of carbonyl (C=O) groups is 1. The van der Waals surface area contributed by atoms with Crippen molar-refractivity contribution in [2.24, 2.45) is 5.73 Å². The molecule has 23 heavy (non-hydrogen) atoms. The van der Waals surface area contributed by atoms with E-state index in [0.29, 0.717) is 12.2 Å². The molecule has 1 aromatic carbocycles. The second-order valence-corrected chi connectivity index (χ2v) is 5.92. The second-order valence-electron chi connectivity index (χ2n) is 5.92. The quantitative estimate of drug-likeness (QED) is 0.330. The second kappa shape index (κ2) is 10.9. The van der Waals surface area contributed by atoms with Crippen LogP contribution in [0.4, 0.5) is 0 Å². The van der Waals surface area contributed by atoms with Crippen LogP contribution in [0.2, 0.25) is 0 Å². The van der Waals surface area contributed by atoms with Gasteiger partial charge in [0.15, 0.2) is 11.5 Å². The van der Waals surface area contributed by atoms with Crippen LogP contribution >= 0.6 is 0 Å². The summed E-state index contributed by atoms with van der Waals surface area (Å²) in [5.41, 5.74) is 6.50. The van der Waals surface area contributed by atoms with E-state index in [9.17, 15) is 15.0 Å². The maximum absolute atomic E-state index is 11.8. The molecule has 0 saturated heterocycles. The molecule has 5 heteroatoms. The lowest BCUT2D eigenvalue weighted by atomic mass is 10.1. The third kappa shape index (κ3) is 7.88. The summed E-state index contributed by atoms with van der Waals surface area (Å²) < 4.78 is 5.18. The zero-order chi connectivity index (χ0) is 17.1. The average molecular weight is 323 g/mol. The highest BCUT2D eigenvalue weighted by molar-refractivity contribution is 5.75. The standard InChI is InChI=1S/C18H29NO4/c1-2-3-4-5-6-7-8-11-23-18(22)15(19)12-14-9-10-16(20)17(21)13-14/h9-10,13,15,20-21H,2-8,11-12,19H2,1H3/t15-/m1/s1. The number of nitrogens with two attached hydrogens (primary N) is 1. The Bertz CT molecular complexity index is 476. The highest BCUT2D eigenvalue weighted by atomic mass is 16.5. The Morgan fingerprint density at radius 1 is 1.09 bits per heavy atom. The zero-order valence-corrected chi connectivity index (χ0v) is 14.0. The van der Waals surface area contributed by atoms with Gasteiger partial charge < -0.3 is 20.7 Å². The molecule has 130 valence electrons. The van der Waals surface area contributed by atoms with E-state index in [0.717, 1.165) is 12.8 Å². The summed E-state index contributed by atoms with van der Waals surface area (Å²) in [7, 11) is 0. The van der Waals surface area contributed by atoms with Crippen LogP contribution in [0, 0.1) is 0 Å². The Hall–Kier alpha value is -1.75. The number of carbonyl (C=O) groups excluding carboxylic acids is 1. The van der Waals surface area contributed by atoms with Crippen molar-refractivity contribution in [3.05, 3.63) is 23.8 Å². The Labute approximate surface area is 138 Å². The number of hydrogen-bond donors (Lipinski definition) is 3. The third-order valence-corrected chi connectivity index (χ3v) is 3.79. The van der Waals surface area contributed by atoms with Gasteiger partial charge in [-0.05, 0) is 30.5 Å². The molecule has 0 fully saturated rings. The van der Waals surface area contributed by atoms with Gasteiger partial charge in [0, 0.05) is 0 Å². The Morgan fingerprint density at radius 2 is 1.74 bits per heavy atom. The van der Waals surface area contributed by atoms with Crippen LogP contribution in [0.25, 0.3) is 0 Å². The molecule has 1 rings (SSSR count). The van der Waals surface area contributed by atoms with Crippen molar-refractivity contribution in [1.82, 2.24) is 0 Å². The molecule has 0 aliphatic rings. The summed E-state index contributed by atoms with van der Waals surface area (Å²) in [6.45, 7) is 2.60. The first-order chi connectivity index (χ1) is 11.0. The number of benzene rings is 1. The van der Waals surface area contributed by atoms with Crippen LogP contribution in [0.15, 0.2) is 18.2 Å². The van der Waals surface area contributed by atoms with E-state index in [4.69, 9.17) is 10.5 Å². The van der Waals surface area contributed by atoms with E-state index in [-0.39, 0.29) is 17.9 Å². The van der Waals surface area contributed by atoms with Gasteiger partial charge in [0.2, 0.25) is 0 Å². The molecule has 5 nitrogen and oxygen atoms in total. The van der Waals surface area contributed by atoms with Crippen LogP contribution in [0.1, 0.15) is 57.4 Å². The molecule has 0 unspecified atom stereocenters. The van der Waals surface area contributed by atoms with Crippen LogP contribution in [0.3, 0.4) is 0 Å². The number of esters is 1. The van der Waals surface area contributed by atoms with Gasteiger partial charge in [0.25, 0.3) is 0 Å². The van der Waals surface area contributed by atoms with E-state index in [1.807, 2.05) is 0 Å². The van der Waals surface area contributed by atoms with Crippen molar-refractivity contribution in [2.45, 2.75) is 64.3 Å². The highest BCUT2D eigenvalue weighted by Crippen LogP contribution is 2.25. The molecule has 1 atom stereocenters. The lowest BCUT2D eigenvalue weighted by molar-refractivity contribution is -0.145. The van der Waals surface area contributed by atoms with E-state index < -0.39 is 12.0 Å². The monoisotopic (exact) mass is 323 g/mol. The fraction of sp³-hybridized carbons (Fsp3) is 0.611. The smallest absolute Gasteiger partial charge is 0.323 e. The van der Waals surface area contributed by atoms with Crippen molar-refractivity contribution in [2.75, 3.05) is 6.61 Å². The predicted molar refractivity (Wildman–Crippen MR) is 90.4 cm³/mol. The number of ether oxygens (including phenoxy) is 1. The number of aromatic hydroxyl groups is 2. The number of phenols is 2. The van der Waals surface area contributed by atoms with Crippen molar-refractivity contribution >= 4 is 5.97 Å². The lowest BCUT2D eigenvalue weighted by Gasteiger charge is -2.12. The number of hydrogen-bond acceptors (Lipinski definition) is 5. The average Bonchev–Trinajstić information content (AvgIpc) is 2.53. The predicted octanol–water partition coefficient (Wildman–Crippen LogP) is 3.26. The Kier molecular flexibility index (Phi) is 9.14. The first kappa shape index (κ1) is 19.3. The molecule has 4 N–H and O–H groups in total. The molecular weight excluding hydrogens is 294 g/mol. The zero-order valence-electron chi connectivity index (χ0n) is 14.0. The van der Waals surface area contributed by atoms with E-state index >= 15 is 0 Å². The maximum atomic E-state index is 11.8. The molecule has 0 saturated carbocycles. The minimum atomic E-state index is -0.761. The molecule has 0 aliphatic heterocycles. The summed E-state index contributed by atoms with van der Waals surface area (Å²) in [6, 6.07) is 3.64. The SMILES string of the molecule is CCCCCCCCCOC(=O)[C@H](N)Cc1ccc(O)c(O)c1. The van der Waals surface area contributed by atoms with Crippen molar-refractivity contribution < 1.29 is 19.7 Å². The largest absolute Gasteiger partial charge is 0.504 e. The summed E-state index contributed by atoms with van der Waals surface area (Å²) in [6.07, 6.45) is 8.43. The maximum Gasteiger partial charge on any atom is 0.323 e. The van der Waals surface area contributed by atoms with E-state index in [1.54, 1.807) is 6.07 Å². The lowest BCUT2D eigenvalue weighted by Crippen LogP contribution is -2.34. The number of phenolic OH excluding ortho intramolecular Hbond substituents is 2. The molecule has 0 bridgehead atoms. The van der Waals surface area contributed by atoms with Crippen LogP contribution in [-0.4, -0.2) is 28.8 Å². The highest BCUT2D eigenvalue weighted by Gasteiger charge is 2.16. The minimum Gasteiger partial charge on any atom is -0.504 e. The van der Waals surface area contributed by atoms with E-state index in [1.165, 1.54) is 44.2 Å².